The molecule has 1 aromatic heterocycles. The Morgan fingerprint density at radius 3 is 2.45 bits per heavy atom. The molecule has 3 aromatic rings. The summed E-state index contributed by atoms with van der Waals surface area (Å²) in [4.78, 5) is 16.9. The molecule has 5 nitrogen and oxygen atoms in total. The fourth-order valence-corrected chi connectivity index (χ4v) is 4.70. The van der Waals surface area contributed by atoms with Gasteiger partial charge in [0.15, 0.2) is 0 Å². The number of halogens is 4. The maximum atomic E-state index is 12.8. The van der Waals surface area contributed by atoms with Gasteiger partial charge < -0.3 is 9.88 Å². The fraction of sp³-hybridized carbons (Fsp3) is 0.211. The summed E-state index contributed by atoms with van der Waals surface area (Å²) in [6.07, 6.45) is 0.614. The highest BCUT2D eigenvalue weighted by Gasteiger charge is 2.46. The number of hydrogen-bond donors (Lipinski definition) is 1. The molecule has 0 bridgehead atoms. The van der Waals surface area contributed by atoms with Crippen molar-refractivity contribution < 1.29 is 26.4 Å². The van der Waals surface area contributed by atoms with E-state index in [4.69, 9.17) is 0 Å². The average molecular weight is 487 g/mol. The molecule has 1 N–H and O–H groups in total. The molecule has 152 valence electrons. The van der Waals surface area contributed by atoms with Crippen molar-refractivity contribution in [2.45, 2.75) is 23.4 Å². The van der Waals surface area contributed by atoms with Gasteiger partial charge in [0.05, 0.1) is 10.4 Å². The number of amides is 1. The number of carbonyl (C=O) groups excluding carboxylic acids is 1. The molecule has 0 saturated heterocycles. The third-order valence-corrected chi connectivity index (χ3v) is 7.13. The molecule has 0 unspecified atom stereocenters. The van der Waals surface area contributed by atoms with Gasteiger partial charge in [0.1, 0.15) is 0 Å². The normalized spacial score (nSPS) is 14.8. The predicted molar refractivity (Wildman–Crippen MR) is 104 cm³/mol. The second-order valence-corrected chi connectivity index (χ2v) is 9.49. The third kappa shape index (κ3) is 3.33. The van der Waals surface area contributed by atoms with Crippen LogP contribution in [0.3, 0.4) is 0 Å². The van der Waals surface area contributed by atoms with Crippen LogP contribution >= 0.6 is 15.9 Å². The van der Waals surface area contributed by atoms with Crippen LogP contribution in [0.1, 0.15) is 21.6 Å². The van der Waals surface area contributed by atoms with E-state index in [0.29, 0.717) is 19.5 Å². The number of nitrogens with one attached hydrogen (secondary N) is 1. The molecular formula is C19H14BrF3N2O3S. The quantitative estimate of drug-likeness (QED) is 0.582. The monoisotopic (exact) mass is 486 g/mol. The number of hydrogen-bond acceptors (Lipinski definition) is 3. The van der Waals surface area contributed by atoms with E-state index in [9.17, 15) is 26.4 Å². The second-order valence-electron chi connectivity index (χ2n) is 6.69. The molecule has 2 aromatic carbocycles. The molecule has 1 aliphatic heterocycles. The minimum Gasteiger partial charge on any atom is -0.357 e. The standard InChI is InChI=1S/C19H14BrF3N2O3S/c20-15-3-1-2-13-14-10-25(9-8-16(14)24-17(13)15)18(26)11-4-6-12(7-5-11)29(27,28)19(21,22)23/h1-7,24H,8-10H2. The third-order valence-electron chi connectivity index (χ3n) is 4.96. The van der Waals surface area contributed by atoms with Crippen molar-refractivity contribution >= 4 is 42.6 Å². The molecule has 0 radical (unpaired) electrons. The van der Waals surface area contributed by atoms with Crippen molar-refractivity contribution in [1.29, 1.82) is 0 Å². The molecular weight excluding hydrogens is 473 g/mol. The van der Waals surface area contributed by atoms with Crippen LogP contribution in [0, 0.1) is 0 Å². The summed E-state index contributed by atoms with van der Waals surface area (Å²) in [7, 11) is -5.44. The second kappa shape index (κ2) is 6.88. The zero-order valence-corrected chi connectivity index (χ0v) is 17.2. The topological polar surface area (TPSA) is 70.2 Å². The highest BCUT2D eigenvalue weighted by molar-refractivity contribution is 9.10. The molecule has 1 amide bonds. The minimum absolute atomic E-state index is 0.135. The number of carbonyl (C=O) groups is 1. The van der Waals surface area contributed by atoms with Gasteiger partial charge in [-0.3, -0.25) is 4.79 Å². The fourth-order valence-electron chi connectivity index (χ4n) is 3.47. The van der Waals surface area contributed by atoms with Gasteiger partial charge in [-0.25, -0.2) is 8.42 Å². The van der Waals surface area contributed by atoms with Crippen LogP contribution in [0.5, 0.6) is 0 Å². The first kappa shape index (κ1) is 20.0. The van der Waals surface area contributed by atoms with E-state index < -0.39 is 20.2 Å². The summed E-state index contributed by atoms with van der Waals surface area (Å²) in [5.74, 6) is -0.365. The summed E-state index contributed by atoms with van der Waals surface area (Å²) < 4.78 is 61.9. The Labute approximate surface area is 172 Å². The number of benzene rings is 2. The first-order chi connectivity index (χ1) is 13.6. The van der Waals surface area contributed by atoms with E-state index in [1.165, 1.54) is 0 Å². The number of rotatable bonds is 2. The summed E-state index contributed by atoms with van der Waals surface area (Å²) >= 11 is 3.50. The van der Waals surface area contributed by atoms with Gasteiger partial charge in [-0.05, 0) is 46.3 Å². The van der Waals surface area contributed by atoms with Crippen LogP contribution in [0.15, 0.2) is 51.8 Å². The van der Waals surface area contributed by atoms with Crippen molar-refractivity contribution in [2.24, 2.45) is 0 Å². The Hall–Kier alpha value is -2.33. The van der Waals surface area contributed by atoms with Gasteiger partial charge >= 0.3 is 5.51 Å². The Bertz CT molecular complexity index is 1220. The van der Waals surface area contributed by atoms with Crippen molar-refractivity contribution in [3.8, 4) is 0 Å². The van der Waals surface area contributed by atoms with E-state index >= 15 is 0 Å². The van der Waals surface area contributed by atoms with Crippen LogP contribution in [-0.4, -0.2) is 36.3 Å². The molecule has 10 heteroatoms. The Morgan fingerprint density at radius 1 is 1.10 bits per heavy atom. The summed E-state index contributed by atoms with van der Waals surface area (Å²) in [6.45, 7) is 0.798. The smallest absolute Gasteiger partial charge is 0.357 e. The lowest BCUT2D eigenvalue weighted by molar-refractivity contribution is -0.0436. The number of aromatic amines is 1. The van der Waals surface area contributed by atoms with Crippen molar-refractivity contribution in [2.75, 3.05) is 6.54 Å². The lowest BCUT2D eigenvalue weighted by Crippen LogP contribution is -2.35. The largest absolute Gasteiger partial charge is 0.501 e. The van der Waals surface area contributed by atoms with Gasteiger partial charge in [-0.1, -0.05) is 12.1 Å². The van der Waals surface area contributed by atoms with Gasteiger partial charge in [0.2, 0.25) is 0 Å². The highest BCUT2D eigenvalue weighted by Crippen LogP contribution is 2.33. The lowest BCUT2D eigenvalue weighted by Gasteiger charge is -2.27. The number of nitrogens with zero attached hydrogens (tertiary/aromatic N) is 1. The van der Waals surface area contributed by atoms with Gasteiger partial charge in [-0.2, -0.15) is 13.2 Å². The molecule has 0 aliphatic carbocycles. The Kier molecular flexibility index (Phi) is 4.73. The highest BCUT2D eigenvalue weighted by atomic mass is 79.9. The Balaban J connectivity index is 1.60. The van der Waals surface area contributed by atoms with Crippen LogP contribution in [0.4, 0.5) is 13.2 Å². The zero-order valence-electron chi connectivity index (χ0n) is 14.8. The summed E-state index contributed by atoms with van der Waals surface area (Å²) in [6, 6.07) is 9.64. The van der Waals surface area contributed by atoms with Gasteiger partial charge in [0.25, 0.3) is 15.7 Å². The molecule has 0 fully saturated rings. The first-order valence-corrected chi connectivity index (χ1v) is 10.9. The van der Waals surface area contributed by atoms with Gasteiger partial charge in [0, 0.05) is 46.2 Å². The van der Waals surface area contributed by atoms with E-state index in [0.717, 1.165) is 50.9 Å². The summed E-state index contributed by atoms with van der Waals surface area (Å²) in [5, 5.41) is 0.999. The number of aromatic nitrogens is 1. The number of alkyl halides is 3. The van der Waals surface area contributed by atoms with E-state index in [1.54, 1.807) is 4.90 Å². The number of H-pyrrole nitrogens is 1. The minimum atomic E-state index is -5.44. The van der Waals surface area contributed by atoms with Gasteiger partial charge in [-0.15, -0.1) is 0 Å². The predicted octanol–water partition coefficient (Wildman–Crippen LogP) is 4.42. The molecule has 0 spiro atoms. The molecule has 4 rings (SSSR count). The van der Waals surface area contributed by atoms with E-state index in [1.807, 2.05) is 18.2 Å². The lowest BCUT2D eigenvalue weighted by atomic mass is 10.0. The molecule has 2 heterocycles. The zero-order chi connectivity index (χ0) is 21.0. The first-order valence-electron chi connectivity index (χ1n) is 8.58. The molecule has 0 atom stereocenters. The average Bonchev–Trinajstić information content (AvgIpc) is 3.06. The Morgan fingerprint density at radius 2 is 1.79 bits per heavy atom. The summed E-state index contributed by atoms with van der Waals surface area (Å²) in [5.41, 5.74) is -2.25. The van der Waals surface area contributed by atoms with Crippen LogP contribution in [0.2, 0.25) is 0 Å². The maximum absolute atomic E-state index is 12.8. The van der Waals surface area contributed by atoms with Crippen LogP contribution in [0.25, 0.3) is 10.9 Å². The number of para-hydroxylation sites is 1. The van der Waals surface area contributed by atoms with Crippen molar-refractivity contribution in [3.63, 3.8) is 0 Å². The number of sulfone groups is 1. The van der Waals surface area contributed by atoms with Crippen molar-refractivity contribution in [1.82, 2.24) is 9.88 Å². The van der Waals surface area contributed by atoms with E-state index in [2.05, 4.69) is 20.9 Å². The number of fused-ring (bicyclic) bond motifs is 3. The van der Waals surface area contributed by atoms with Crippen LogP contribution < -0.4 is 0 Å². The SMILES string of the molecule is O=C(c1ccc(S(=O)(=O)C(F)(F)F)cc1)N1CCc2[nH]c3c(Br)cccc3c2C1. The maximum Gasteiger partial charge on any atom is 0.501 e. The molecule has 1 aliphatic rings. The molecule has 29 heavy (non-hydrogen) atoms. The molecule has 0 saturated carbocycles. The van der Waals surface area contributed by atoms with Crippen LogP contribution in [-0.2, 0) is 22.8 Å². The van der Waals surface area contributed by atoms with E-state index in [-0.39, 0.29) is 11.5 Å². The van der Waals surface area contributed by atoms with Crippen molar-refractivity contribution in [3.05, 3.63) is 63.8 Å².